The van der Waals surface area contributed by atoms with Crippen LogP contribution in [0, 0.1) is 0 Å². The number of hydrogen-bond acceptors (Lipinski definition) is 3. The molecule has 0 bridgehead atoms. The van der Waals surface area contributed by atoms with Crippen LogP contribution in [0.2, 0.25) is 0 Å². The van der Waals surface area contributed by atoms with E-state index in [1.54, 1.807) is 18.3 Å². The third-order valence-corrected chi connectivity index (χ3v) is 5.43. The lowest BCUT2D eigenvalue weighted by molar-refractivity contribution is -0.132. The van der Waals surface area contributed by atoms with Gasteiger partial charge in [0.15, 0.2) is 0 Å². The lowest BCUT2D eigenvalue weighted by Crippen LogP contribution is -2.18. The van der Waals surface area contributed by atoms with Crippen molar-refractivity contribution in [2.45, 2.75) is 40.0 Å². The zero-order valence-electron chi connectivity index (χ0n) is 18.4. The molecule has 0 fully saturated rings. The number of nitrogens with zero attached hydrogens (tertiary/aromatic N) is 2. The quantitative estimate of drug-likeness (QED) is 0.299. The van der Waals surface area contributed by atoms with Gasteiger partial charge in [0.1, 0.15) is 5.70 Å². The van der Waals surface area contributed by atoms with Crippen LogP contribution in [0.15, 0.2) is 81.7 Å². The fourth-order valence-electron chi connectivity index (χ4n) is 3.09. The van der Waals surface area contributed by atoms with E-state index >= 15 is 0 Å². The lowest BCUT2D eigenvalue weighted by atomic mass is 10.0. The number of halogens is 3. The molecular formula is C25H25BrF2N2O2. The summed E-state index contributed by atoms with van der Waals surface area (Å²) >= 11 is 3.59. The van der Waals surface area contributed by atoms with Crippen molar-refractivity contribution in [1.29, 1.82) is 0 Å². The number of aliphatic carboxylic acids is 1. The molecule has 0 atom stereocenters. The maximum atomic E-state index is 13.4. The molecule has 7 heteroatoms. The highest BCUT2D eigenvalue weighted by Crippen LogP contribution is 2.28. The summed E-state index contributed by atoms with van der Waals surface area (Å²) < 4.78 is 28.1. The van der Waals surface area contributed by atoms with E-state index in [-0.39, 0.29) is 5.71 Å². The molecule has 2 aromatic carbocycles. The van der Waals surface area contributed by atoms with E-state index in [0.29, 0.717) is 12.5 Å². The van der Waals surface area contributed by atoms with Crippen LogP contribution in [0.25, 0.3) is 10.8 Å². The van der Waals surface area contributed by atoms with Crippen molar-refractivity contribution < 1.29 is 18.7 Å². The van der Waals surface area contributed by atoms with Gasteiger partial charge in [-0.25, -0.2) is 4.79 Å². The van der Waals surface area contributed by atoms with Crippen LogP contribution in [0.4, 0.5) is 8.78 Å². The first-order valence-corrected chi connectivity index (χ1v) is 10.8. The molecule has 0 saturated carbocycles. The number of allylic oxidation sites excluding steroid dienone is 1. The number of hydrogen-bond donors (Lipinski definition) is 1. The first-order chi connectivity index (χ1) is 15.1. The summed E-state index contributed by atoms with van der Waals surface area (Å²) in [5, 5.41) is 11.5. The van der Waals surface area contributed by atoms with E-state index in [2.05, 4.69) is 69.2 Å². The van der Waals surface area contributed by atoms with Gasteiger partial charge in [-0.1, -0.05) is 59.3 Å². The predicted molar refractivity (Wildman–Crippen MR) is 128 cm³/mol. The second-order valence-corrected chi connectivity index (χ2v) is 8.07. The molecule has 0 amide bonds. The van der Waals surface area contributed by atoms with E-state index in [4.69, 9.17) is 5.11 Å². The van der Waals surface area contributed by atoms with Gasteiger partial charge >= 0.3 is 5.97 Å². The largest absolute Gasteiger partial charge is 0.478 e. The fraction of sp³-hybridized carbons (Fsp3) is 0.240. The molecule has 0 aliphatic carbocycles. The van der Waals surface area contributed by atoms with Gasteiger partial charge in [0.2, 0.25) is 0 Å². The highest BCUT2D eigenvalue weighted by Gasteiger charge is 2.31. The zero-order chi connectivity index (χ0) is 23.9. The predicted octanol–water partition coefficient (Wildman–Crippen LogP) is 7.07. The van der Waals surface area contributed by atoms with E-state index < -0.39 is 23.2 Å². The number of pyridine rings is 1. The van der Waals surface area contributed by atoms with Gasteiger partial charge in [-0.15, -0.1) is 0 Å². The van der Waals surface area contributed by atoms with Crippen LogP contribution in [-0.2, 0) is 11.2 Å². The first kappa shape index (κ1) is 25.3. The van der Waals surface area contributed by atoms with E-state index in [0.717, 1.165) is 13.3 Å². The topological polar surface area (TPSA) is 62.5 Å². The fourth-order valence-corrected chi connectivity index (χ4v) is 3.72. The molecule has 1 N–H and O–H groups in total. The second-order valence-electron chi connectivity index (χ2n) is 7.21. The molecule has 32 heavy (non-hydrogen) atoms. The number of aromatic nitrogens is 1. The summed E-state index contributed by atoms with van der Waals surface area (Å²) in [4.78, 5) is 18.5. The van der Waals surface area contributed by atoms with E-state index in [1.807, 2.05) is 0 Å². The minimum Gasteiger partial charge on any atom is -0.478 e. The average Bonchev–Trinajstić information content (AvgIpc) is 2.76. The van der Waals surface area contributed by atoms with Gasteiger partial charge in [-0.3, -0.25) is 9.98 Å². The van der Waals surface area contributed by atoms with Crippen LogP contribution in [-0.4, -0.2) is 27.7 Å². The van der Waals surface area contributed by atoms with Crippen molar-refractivity contribution in [3.8, 4) is 0 Å². The van der Waals surface area contributed by atoms with Gasteiger partial charge < -0.3 is 5.11 Å². The molecule has 0 spiro atoms. The lowest BCUT2D eigenvalue weighted by Gasteiger charge is -2.14. The summed E-state index contributed by atoms with van der Waals surface area (Å²) in [5.74, 6) is -4.74. The van der Waals surface area contributed by atoms with Crippen molar-refractivity contribution in [2.75, 3.05) is 0 Å². The van der Waals surface area contributed by atoms with Crippen LogP contribution >= 0.6 is 15.9 Å². The average molecular weight is 503 g/mol. The number of alkyl halides is 2. The molecule has 0 saturated heterocycles. The summed E-state index contributed by atoms with van der Waals surface area (Å²) in [6, 6.07) is 16.1. The molecule has 0 unspecified atom stereocenters. The summed E-state index contributed by atoms with van der Waals surface area (Å²) in [5.41, 5.74) is 1.02. The van der Waals surface area contributed by atoms with Crippen LogP contribution < -0.4 is 0 Å². The SMILES string of the molecule is CC(=N/C(=C(\C)C(=O)O)C(C)(F)F)c1cccnc1.CCc1cccc2cccc(Br)c12. The molecule has 3 aromatic rings. The number of rotatable bonds is 5. The minimum absolute atomic E-state index is 0.283. The Hall–Kier alpha value is -2.93. The Bertz CT molecular complexity index is 1150. The van der Waals surface area contributed by atoms with E-state index in [9.17, 15) is 13.6 Å². The van der Waals surface area contributed by atoms with Gasteiger partial charge in [-0.05, 0) is 48.7 Å². The van der Waals surface area contributed by atoms with Crippen molar-refractivity contribution in [1.82, 2.24) is 4.98 Å². The Morgan fingerprint density at radius 1 is 1.12 bits per heavy atom. The van der Waals surface area contributed by atoms with Crippen molar-refractivity contribution in [3.05, 3.63) is 87.8 Å². The number of carboxylic acids is 1. The van der Waals surface area contributed by atoms with Gasteiger partial charge in [0.25, 0.3) is 5.92 Å². The summed E-state index contributed by atoms with van der Waals surface area (Å²) in [6.07, 6.45) is 4.10. The monoisotopic (exact) mass is 502 g/mol. The number of carboxylic acid groups (broad SMARTS) is 1. The number of carbonyl (C=O) groups is 1. The van der Waals surface area contributed by atoms with Crippen LogP contribution in [0.3, 0.4) is 0 Å². The third kappa shape index (κ3) is 6.53. The maximum Gasteiger partial charge on any atom is 0.333 e. The molecule has 4 nitrogen and oxygen atoms in total. The Labute approximate surface area is 194 Å². The minimum atomic E-state index is -3.33. The highest BCUT2D eigenvalue weighted by atomic mass is 79.9. The van der Waals surface area contributed by atoms with Crippen molar-refractivity contribution in [2.24, 2.45) is 4.99 Å². The second kappa shape index (κ2) is 11.1. The molecule has 0 aliphatic rings. The molecule has 168 valence electrons. The Morgan fingerprint density at radius 3 is 2.31 bits per heavy atom. The third-order valence-electron chi connectivity index (χ3n) is 4.77. The Balaban J connectivity index is 0.000000242. The first-order valence-electron chi connectivity index (χ1n) is 10.0. The molecule has 1 aromatic heterocycles. The Kier molecular flexibility index (Phi) is 8.78. The number of benzene rings is 2. The van der Waals surface area contributed by atoms with Crippen LogP contribution in [0.1, 0.15) is 38.8 Å². The maximum absolute atomic E-state index is 13.4. The summed E-state index contributed by atoms with van der Waals surface area (Å²) in [6.45, 7) is 5.44. The summed E-state index contributed by atoms with van der Waals surface area (Å²) in [7, 11) is 0. The smallest absolute Gasteiger partial charge is 0.333 e. The molecular weight excluding hydrogens is 478 g/mol. The number of aliphatic imine (C=N–C) groups is 1. The normalized spacial score (nSPS) is 12.7. The van der Waals surface area contributed by atoms with Gasteiger partial charge in [-0.2, -0.15) is 8.78 Å². The number of aryl methyl sites for hydroxylation is 1. The molecule has 1 heterocycles. The van der Waals surface area contributed by atoms with Crippen LogP contribution in [0.5, 0.6) is 0 Å². The van der Waals surface area contributed by atoms with E-state index in [1.165, 1.54) is 33.9 Å². The van der Waals surface area contributed by atoms with Crippen molar-refractivity contribution in [3.63, 3.8) is 0 Å². The molecule has 0 aliphatic heterocycles. The molecule has 0 radical (unpaired) electrons. The van der Waals surface area contributed by atoms with Gasteiger partial charge in [0, 0.05) is 35.1 Å². The molecule has 3 rings (SSSR count). The van der Waals surface area contributed by atoms with Crippen molar-refractivity contribution >= 4 is 38.4 Å². The Morgan fingerprint density at radius 2 is 1.78 bits per heavy atom. The number of fused-ring (bicyclic) bond motifs is 1. The van der Waals surface area contributed by atoms with Gasteiger partial charge in [0.05, 0.1) is 5.57 Å². The highest BCUT2D eigenvalue weighted by molar-refractivity contribution is 9.10. The zero-order valence-corrected chi connectivity index (χ0v) is 20.0. The standard InChI is InChI=1S/C13H14F2N2O2.C12H11Br/c1-8(12(18)19)11(13(3,14)15)17-9(2)10-5-4-6-16-7-10;1-2-9-5-3-6-10-7-4-8-11(13)12(9)10/h4-7H,1-3H3,(H,18,19);3-8H,2H2,1H3/b11-8+,17-9?;.